The molecule has 2 amide bonds. The van der Waals surface area contributed by atoms with Gasteiger partial charge < -0.3 is 15.5 Å². The molecule has 0 radical (unpaired) electrons. The quantitative estimate of drug-likeness (QED) is 0.561. The summed E-state index contributed by atoms with van der Waals surface area (Å²) in [4.78, 5) is 27.9. The van der Waals surface area contributed by atoms with Gasteiger partial charge in [-0.1, -0.05) is 69.7 Å². The largest absolute Gasteiger partial charge is 0.349 e. The van der Waals surface area contributed by atoms with Gasteiger partial charge in [0.2, 0.25) is 0 Å². The lowest BCUT2D eigenvalue weighted by atomic mass is 10.0. The second kappa shape index (κ2) is 12.1. The lowest BCUT2D eigenvalue weighted by Crippen LogP contribution is -2.39. The van der Waals surface area contributed by atoms with E-state index in [9.17, 15) is 9.59 Å². The smallest absolute Gasteiger partial charge is 0.267 e. The SMILES string of the molecule is CCN(CC)CCNC(=O)C(=Cc1ccc(C(C)C)cc1)NC(=O)c1ccc(C)cc1. The molecule has 0 heterocycles. The van der Waals surface area contributed by atoms with Crippen molar-refractivity contribution < 1.29 is 9.59 Å². The molecule has 5 heteroatoms. The summed E-state index contributed by atoms with van der Waals surface area (Å²) in [5.74, 6) is -0.161. The zero-order valence-electron chi connectivity index (χ0n) is 19.4. The molecule has 166 valence electrons. The van der Waals surface area contributed by atoms with Crippen molar-refractivity contribution in [2.45, 2.75) is 40.5 Å². The maximum Gasteiger partial charge on any atom is 0.267 e. The van der Waals surface area contributed by atoms with Gasteiger partial charge in [-0.3, -0.25) is 9.59 Å². The summed E-state index contributed by atoms with van der Waals surface area (Å²) in [6.45, 7) is 13.6. The molecular formula is C26H35N3O2. The number of hydrogen-bond acceptors (Lipinski definition) is 3. The van der Waals surface area contributed by atoms with Crippen LogP contribution in [0.4, 0.5) is 0 Å². The van der Waals surface area contributed by atoms with E-state index in [0.29, 0.717) is 18.0 Å². The molecule has 0 aliphatic heterocycles. The average molecular weight is 422 g/mol. The summed E-state index contributed by atoms with van der Waals surface area (Å²) < 4.78 is 0. The van der Waals surface area contributed by atoms with Gasteiger partial charge in [-0.05, 0) is 55.3 Å². The highest BCUT2D eigenvalue weighted by Gasteiger charge is 2.15. The topological polar surface area (TPSA) is 61.4 Å². The van der Waals surface area contributed by atoms with Crippen molar-refractivity contribution in [3.05, 3.63) is 76.5 Å². The molecule has 31 heavy (non-hydrogen) atoms. The predicted molar refractivity (Wildman–Crippen MR) is 128 cm³/mol. The van der Waals surface area contributed by atoms with Gasteiger partial charge >= 0.3 is 0 Å². The first-order valence-corrected chi connectivity index (χ1v) is 11.0. The molecule has 0 saturated carbocycles. The van der Waals surface area contributed by atoms with Crippen molar-refractivity contribution >= 4 is 17.9 Å². The first kappa shape index (κ1) is 24.4. The van der Waals surface area contributed by atoms with Gasteiger partial charge in [-0.25, -0.2) is 0 Å². The van der Waals surface area contributed by atoms with Crippen LogP contribution >= 0.6 is 0 Å². The Morgan fingerprint density at radius 2 is 1.58 bits per heavy atom. The molecule has 0 atom stereocenters. The lowest BCUT2D eigenvalue weighted by molar-refractivity contribution is -0.117. The fourth-order valence-electron chi connectivity index (χ4n) is 3.16. The van der Waals surface area contributed by atoms with Crippen LogP contribution < -0.4 is 10.6 Å². The number of rotatable bonds is 10. The van der Waals surface area contributed by atoms with E-state index in [1.165, 1.54) is 5.56 Å². The van der Waals surface area contributed by atoms with Gasteiger partial charge in [0.25, 0.3) is 11.8 Å². The maximum atomic E-state index is 12.9. The van der Waals surface area contributed by atoms with Gasteiger partial charge in [0, 0.05) is 18.7 Å². The predicted octanol–water partition coefficient (Wildman–Crippen LogP) is 4.35. The van der Waals surface area contributed by atoms with E-state index in [1.54, 1.807) is 18.2 Å². The van der Waals surface area contributed by atoms with Gasteiger partial charge in [-0.2, -0.15) is 0 Å². The van der Waals surface area contributed by atoms with E-state index in [1.807, 2.05) is 43.3 Å². The van der Waals surface area contributed by atoms with Crippen LogP contribution in [0, 0.1) is 6.92 Å². The number of carbonyl (C=O) groups is 2. The molecule has 0 fully saturated rings. The van der Waals surface area contributed by atoms with Crippen molar-refractivity contribution in [3.8, 4) is 0 Å². The average Bonchev–Trinajstić information content (AvgIpc) is 2.77. The molecule has 2 aromatic rings. The Labute approximate surface area is 186 Å². The third-order valence-electron chi connectivity index (χ3n) is 5.33. The van der Waals surface area contributed by atoms with Crippen molar-refractivity contribution in [1.29, 1.82) is 0 Å². The number of aryl methyl sites for hydroxylation is 1. The fraction of sp³-hybridized carbons (Fsp3) is 0.385. The standard InChI is InChI=1S/C26H35N3O2/c1-6-29(7-2)17-16-27-26(31)24(18-21-10-14-22(15-11-21)19(3)4)28-25(30)23-12-8-20(5)9-13-23/h8-15,18-19H,6-7,16-17H2,1-5H3,(H,27,31)(H,28,30). The van der Waals surface area contributed by atoms with Crippen LogP contribution in [0.1, 0.15) is 60.7 Å². The van der Waals surface area contributed by atoms with Crippen LogP contribution in [0.2, 0.25) is 0 Å². The number of benzene rings is 2. The number of nitrogens with one attached hydrogen (secondary N) is 2. The lowest BCUT2D eigenvalue weighted by Gasteiger charge is -2.18. The van der Waals surface area contributed by atoms with Gasteiger partial charge in [0.15, 0.2) is 0 Å². The Morgan fingerprint density at radius 1 is 0.968 bits per heavy atom. The summed E-state index contributed by atoms with van der Waals surface area (Å²) in [6.07, 6.45) is 1.73. The first-order valence-electron chi connectivity index (χ1n) is 11.0. The second-order valence-corrected chi connectivity index (χ2v) is 7.98. The Balaban J connectivity index is 2.20. The van der Waals surface area contributed by atoms with Crippen LogP contribution in [0.25, 0.3) is 6.08 Å². The summed E-state index contributed by atoms with van der Waals surface area (Å²) in [7, 11) is 0. The van der Waals surface area contributed by atoms with Crippen molar-refractivity contribution in [1.82, 2.24) is 15.5 Å². The Hall–Kier alpha value is -2.92. The highest BCUT2D eigenvalue weighted by Crippen LogP contribution is 2.16. The molecule has 0 spiro atoms. The van der Waals surface area contributed by atoms with Crippen molar-refractivity contribution in [3.63, 3.8) is 0 Å². The monoisotopic (exact) mass is 421 g/mol. The van der Waals surface area contributed by atoms with E-state index < -0.39 is 0 Å². The zero-order valence-corrected chi connectivity index (χ0v) is 19.4. The van der Waals surface area contributed by atoms with Crippen LogP contribution in [0.3, 0.4) is 0 Å². The zero-order chi connectivity index (χ0) is 22.8. The van der Waals surface area contributed by atoms with Gasteiger partial charge in [0.05, 0.1) is 0 Å². The van der Waals surface area contributed by atoms with E-state index in [-0.39, 0.29) is 17.5 Å². The first-order chi connectivity index (χ1) is 14.8. The van der Waals surface area contributed by atoms with Crippen LogP contribution in [-0.4, -0.2) is 42.9 Å². The molecule has 0 aromatic heterocycles. The molecule has 0 aliphatic carbocycles. The minimum absolute atomic E-state index is 0.238. The summed E-state index contributed by atoms with van der Waals surface area (Å²) in [5, 5.41) is 5.74. The molecule has 0 aliphatic rings. The Morgan fingerprint density at radius 3 is 2.13 bits per heavy atom. The number of hydrogen-bond donors (Lipinski definition) is 2. The summed E-state index contributed by atoms with van der Waals surface area (Å²) in [5.41, 5.74) is 3.92. The van der Waals surface area contributed by atoms with Crippen molar-refractivity contribution in [2.75, 3.05) is 26.2 Å². The van der Waals surface area contributed by atoms with E-state index >= 15 is 0 Å². The van der Waals surface area contributed by atoms with E-state index in [0.717, 1.165) is 30.8 Å². The van der Waals surface area contributed by atoms with E-state index in [2.05, 4.69) is 43.2 Å². The van der Waals surface area contributed by atoms with E-state index in [4.69, 9.17) is 0 Å². The third-order valence-corrected chi connectivity index (χ3v) is 5.33. The summed E-state index contributed by atoms with van der Waals surface area (Å²) in [6, 6.07) is 15.3. The van der Waals surface area contributed by atoms with Gasteiger partial charge in [0.1, 0.15) is 5.70 Å². The van der Waals surface area contributed by atoms with Crippen LogP contribution in [0.15, 0.2) is 54.2 Å². The molecule has 2 aromatic carbocycles. The fourth-order valence-corrected chi connectivity index (χ4v) is 3.16. The minimum Gasteiger partial charge on any atom is -0.349 e. The number of carbonyl (C=O) groups excluding carboxylic acids is 2. The number of nitrogens with zero attached hydrogens (tertiary/aromatic N) is 1. The minimum atomic E-state index is -0.302. The molecular weight excluding hydrogens is 386 g/mol. The number of likely N-dealkylation sites (N-methyl/N-ethyl adjacent to an activating group) is 1. The highest BCUT2D eigenvalue weighted by molar-refractivity contribution is 6.05. The molecule has 2 rings (SSSR count). The second-order valence-electron chi connectivity index (χ2n) is 7.98. The third kappa shape index (κ3) is 7.68. The molecule has 0 bridgehead atoms. The molecule has 0 unspecified atom stereocenters. The highest BCUT2D eigenvalue weighted by atomic mass is 16.2. The maximum absolute atomic E-state index is 12.9. The molecule has 2 N–H and O–H groups in total. The van der Waals surface area contributed by atoms with Gasteiger partial charge in [-0.15, -0.1) is 0 Å². The van der Waals surface area contributed by atoms with Crippen LogP contribution in [-0.2, 0) is 4.79 Å². The molecule has 5 nitrogen and oxygen atoms in total. The van der Waals surface area contributed by atoms with Crippen LogP contribution in [0.5, 0.6) is 0 Å². The Bertz CT molecular complexity index is 880. The Kier molecular flexibility index (Phi) is 9.47. The summed E-state index contributed by atoms with van der Waals surface area (Å²) >= 11 is 0. The van der Waals surface area contributed by atoms with Crippen molar-refractivity contribution in [2.24, 2.45) is 0 Å². The normalized spacial score (nSPS) is 11.6. The number of amides is 2. The molecule has 0 saturated heterocycles.